The molecule has 0 atom stereocenters. The highest BCUT2D eigenvalue weighted by Crippen LogP contribution is 2.17. The fraction of sp³-hybridized carbons (Fsp3) is 0.615. The Balaban J connectivity index is 2.96. The molecule has 5 nitrogen and oxygen atoms in total. The molecular weight excluding hydrogens is 262 g/mol. The van der Waals surface area contributed by atoms with Crippen LogP contribution in [0.15, 0.2) is 23.2 Å². The summed E-state index contributed by atoms with van der Waals surface area (Å²) < 4.78 is 26.4. The second-order valence-corrected chi connectivity index (χ2v) is 6.25. The molecule has 0 radical (unpaired) electrons. The van der Waals surface area contributed by atoms with Gasteiger partial charge in [0.2, 0.25) is 10.0 Å². The van der Waals surface area contributed by atoms with Gasteiger partial charge in [0.1, 0.15) is 10.7 Å². The van der Waals surface area contributed by atoms with E-state index in [9.17, 15) is 8.42 Å². The molecule has 0 fully saturated rings. The van der Waals surface area contributed by atoms with Crippen LogP contribution in [0, 0.1) is 0 Å². The molecule has 0 saturated carbocycles. The second-order valence-electron chi connectivity index (χ2n) is 4.31. The lowest BCUT2D eigenvalue weighted by Crippen LogP contribution is -2.32. The molecule has 0 amide bonds. The highest BCUT2D eigenvalue weighted by molar-refractivity contribution is 7.89. The summed E-state index contributed by atoms with van der Waals surface area (Å²) in [5.41, 5.74) is 0. The van der Waals surface area contributed by atoms with Crippen molar-refractivity contribution in [3.63, 3.8) is 0 Å². The lowest BCUT2D eigenvalue weighted by molar-refractivity contribution is 0.410. The summed E-state index contributed by atoms with van der Waals surface area (Å²) in [6, 6.07) is 3.31. The molecule has 1 heterocycles. The Morgan fingerprint density at radius 3 is 2.21 bits per heavy atom. The summed E-state index contributed by atoms with van der Waals surface area (Å²) >= 11 is 0. The third-order valence-electron chi connectivity index (χ3n) is 2.68. The molecule has 0 aromatic carbocycles. The predicted molar refractivity (Wildman–Crippen MR) is 77.7 cm³/mol. The summed E-state index contributed by atoms with van der Waals surface area (Å²) in [7, 11) is -3.41. The molecule has 1 aromatic heterocycles. The Hall–Kier alpha value is -1.14. The highest BCUT2D eigenvalue weighted by Gasteiger charge is 2.23. The van der Waals surface area contributed by atoms with Crippen LogP contribution in [0.1, 0.15) is 33.6 Å². The first-order valence-electron chi connectivity index (χ1n) is 6.76. The van der Waals surface area contributed by atoms with Crippen LogP contribution in [0.4, 0.5) is 5.82 Å². The van der Waals surface area contributed by atoms with Gasteiger partial charge in [-0.25, -0.2) is 13.4 Å². The van der Waals surface area contributed by atoms with Crippen LogP contribution in [-0.4, -0.2) is 37.3 Å². The van der Waals surface area contributed by atoms with Gasteiger partial charge in [-0.3, -0.25) is 0 Å². The van der Waals surface area contributed by atoms with E-state index in [1.54, 1.807) is 12.1 Å². The topological polar surface area (TPSA) is 62.3 Å². The van der Waals surface area contributed by atoms with Crippen molar-refractivity contribution >= 4 is 15.8 Å². The summed E-state index contributed by atoms with van der Waals surface area (Å²) in [6.45, 7) is 7.78. The quantitative estimate of drug-likeness (QED) is 0.796. The molecule has 0 bridgehead atoms. The molecule has 0 unspecified atom stereocenters. The molecule has 0 saturated heterocycles. The van der Waals surface area contributed by atoms with Crippen molar-refractivity contribution in [2.24, 2.45) is 0 Å². The average molecular weight is 285 g/mol. The average Bonchev–Trinajstić information content (AvgIpc) is 2.39. The van der Waals surface area contributed by atoms with E-state index in [4.69, 9.17) is 0 Å². The molecule has 1 rings (SSSR count). The van der Waals surface area contributed by atoms with E-state index in [1.165, 1.54) is 10.5 Å². The highest BCUT2D eigenvalue weighted by atomic mass is 32.2. The number of aromatic nitrogens is 1. The van der Waals surface area contributed by atoms with Crippen LogP contribution in [0.2, 0.25) is 0 Å². The van der Waals surface area contributed by atoms with Gasteiger partial charge in [-0.1, -0.05) is 13.8 Å². The number of hydrogen-bond donors (Lipinski definition) is 1. The number of nitrogens with zero attached hydrogens (tertiary/aromatic N) is 2. The van der Waals surface area contributed by atoms with Crippen LogP contribution in [0.5, 0.6) is 0 Å². The van der Waals surface area contributed by atoms with Gasteiger partial charge in [-0.2, -0.15) is 4.31 Å². The van der Waals surface area contributed by atoms with Crippen molar-refractivity contribution in [3.8, 4) is 0 Å². The molecule has 1 N–H and O–H groups in total. The second kappa shape index (κ2) is 7.45. The van der Waals surface area contributed by atoms with E-state index in [-0.39, 0.29) is 4.90 Å². The number of pyridine rings is 1. The van der Waals surface area contributed by atoms with Crippen molar-refractivity contribution in [3.05, 3.63) is 18.3 Å². The molecule has 0 aliphatic rings. The number of rotatable bonds is 8. The Labute approximate surface area is 116 Å². The van der Waals surface area contributed by atoms with Crippen LogP contribution in [0.3, 0.4) is 0 Å². The molecule has 1 aromatic rings. The van der Waals surface area contributed by atoms with Gasteiger partial charge >= 0.3 is 0 Å². The molecular formula is C13H23N3O2S. The van der Waals surface area contributed by atoms with E-state index in [1.807, 2.05) is 20.8 Å². The molecule has 19 heavy (non-hydrogen) atoms. The van der Waals surface area contributed by atoms with Crippen molar-refractivity contribution in [2.75, 3.05) is 25.0 Å². The first kappa shape index (κ1) is 15.9. The SMILES string of the molecule is CCCN(CCC)S(=O)(=O)c1ccc(NCC)nc1. The summed E-state index contributed by atoms with van der Waals surface area (Å²) in [5, 5.41) is 3.05. The predicted octanol–water partition coefficient (Wildman–Crippen LogP) is 2.32. The third-order valence-corrected chi connectivity index (χ3v) is 4.56. The summed E-state index contributed by atoms with van der Waals surface area (Å²) in [5.74, 6) is 0.694. The zero-order valence-corrected chi connectivity index (χ0v) is 12.7. The minimum absolute atomic E-state index is 0.260. The van der Waals surface area contributed by atoms with E-state index in [0.717, 1.165) is 19.4 Å². The lowest BCUT2D eigenvalue weighted by Gasteiger charge is -2.20. The Morgan fingerprint density at radius 1 is 1.16 bits per heavy atom. The standard InChI is InChI=1S/C13H23N3O2S/c1-4-9-16(10-5-2)19(17,18)12-7-8-13(14-6-3)15-11-12/h7-8,11H,4-6,9-10H2,1-3H3,(H,14,15). The maximum absolute atomic E-state index is 12.4. The van der Waals surface area contributed by atoms with Crippen molar-refractivity contribution in [1.82, 2.24) is 9.29 Å². The minimum atomic E-state index is -3.41. The van der Waals surface area contributed by atoms with Gasteiger partial charge in [0, 0.05) is 25.8 Å². The van der Waals surface area contributed by atoms with Crippen molar-refractivity contribution in [1.29, 1.82) is 0 Å². The number of hydrogen-bond acceptors (Lipinski definition) is 4. The van der Waals surface area contributed by atoms with Gasteiger partial charge in [0.05, 0.1) is 0 Å². The van der Waals surface area contributed by atoms with E-state index in [0.29, 0.717) is 18.9 Å². The largest absolute Gasteiger partial charge is 0.370 e. The van der Waals surface area contributed by atoms with E-state index in [2.05, 4.69) is 10.3 Å². The lowest BCUT2D eigenvalue weighted by atomic mass is 10.4. The molecule has 0 aliphatic carbocycles. The van der Waals surface area contributed by atoms with Gasteiger partial charge in [0.15, 0.2) is 0 Å². The maximum Gasteiger partial charge on any atom is 0.244 e. The fourth-order valence-electron chi connectivity index (χ4n) is 1.82. The Bertz CT molecular complexity index is 465. The molecule has 0 aliphatic heterocycles. The van der Waals surface area contributed by atoms with E-state index >= 15 is 0 Å². The number of nitrogens with one attached hydrogen (secondary N) is 1. The zero-order valence-electron chi connectivity index (χ0n) is 11.9. The first-order chi connectivity index (χ1) is 9.06. The molecule has 108 valence electrons. The molecule has 6 heteroatoms. The van der Waals surface area contributed by atoms with Gasteiger partial charge in [0.25, 0.3) is 0 Å². The number of anilines is 1. The van der Waals surface area contributed by atoms with E-state index < -0.39 is 10.0 Å². The third kappa shape index (κ3) is 4.18. The van der Waals surface area contributed by atoms with Crippen LogP contribution < -0.4 is 5.32 Å². The Kier molecular flexibility index (Phi) is 6.24. The maximum atomic E-state index is 12.4. The zero-order chi connectivity index (χ0) is 14.3. The van der Waals surface area contributed by atoms with Gasteiger partial charge in [-0.15, -0.1) is 0 Å². The fourth-order valence-corrected chi connectivity index (χ4v) is 3.39. The van der Waals surface area contributed by atoms with Crippen LogP contribution in [0.25, 0.3) is 0 Å². The van der Waals surface area contributed by atoms with Crippen LogP contribution in [-0.2, 0) is 10.0 Å². The first-order valence-corrected chi connectivity index (χ1v) is 8.20. The minimum Gasteiger partial charge on any atom is -0.370 e. The summed E-state index contributed by atoms with van der Waals surface area (Å²) in [6.07, 6.45) is 3.04. The smallest absolute Gasteiger partial charge is 0.244 e. The van der Waals surface area contributed by atoms with Crippen LogP contribution >= 0.6 is 0 Å². The number of sulfonamides is 1. The normalized spacial score (nSPS) is 11.8. The summed E-state index contributed by atoms with van der Waals surface area (Å²) in [4.78, 5) is 4.38. The molecule has 0 spiro atoms. The Morgan fingerprint density at radius 2 is 1.79 bits per heavy atom. The van der Waals surface area contributed by atoms with Gasteiger partial charge < -0.3 is 5.32 Å². The van der Waals surface area contributed by atoms with Crippen molar-refractivity contribution < 1.29 is 8.42 Å². The monoisotopic (exact) mass is 285 g/mol. The van der Waals surface area contributed by atoms with Crippen molar-refractivity contribution in [2.45, 2.75) is 38.5 Å². The van der Waals surface area contributed by atoms with Gasteiger partial charge in [-0.05, 0) is 31.9 Å².